The second-order valence-electron chi connectivity index (χ2n) is 4.06. The van der Waals surface area contributed by atoms with Crippen LogP contribution in [0.5, 0.6) is 0 Å². The molecule has 2 rings (SSSR count). The van der Waals surface area contributed by atoms with Crippen LogP contribution in [0.2, 0.25) is 0 Å². The van der Waals surface area contributed by atoms with Gasteiger partial charge in [-0.2, -0.15) is 0 Å². The smallest absolute Gasteiger partial charge is 0.267 e. The summed E-state index contributed by atoms with van der Waals surface area (Å²) in [4.78, 5) is 12.4. The number of benzene rings is 2. The molecule has 2 aromatic carbocycles. The fraction of sp³-hybridized carbons (Fsp3) is 0.0625. The number of aryl methyl sites for hydroxylation is 1. The summed E-state index contributed by atoms with van der Waals surface area (Å²) in [6.45, 7) is 1.89. The maximum absolute atomic E-state index is 12.4. The van der Waals surface area contributed by atoms with Crippen molar-refractivity contribution in [3.63, 3.8) is 0 Å². The van der Waals surface area contributed by atoms with E-state index in [1.165, 1.54) is 0 Å². The van der Waals surface area contributed by atoms with Crippen LogP contribution < -0.4 is 4.42 Å². The molecule has 3 heteroatoms. The standard InChI is InChI=1S/C16H12ClNO/c1-3-13-9-5-6-10-14(13)16(19)18(17)15-11-7-4-8-12(15)2/h1,4-11H,2H3. The average molecular weight is 270 g/mol. The monoisotopic (exact) mass is 269 g/mol. The normalized spacial score (nSPS) is 9.74. The van der Waals surface area contributed by atoms with Crippen molar-refractivity contribution in [1.29, 1.82) is 0 Å². The van der Waals surface area contributed by atoms with Gasteiger partial charge >= 0.3 is 0 Å². The molecular weight excluding hydrogens is 258 g/mol. The predicted molar refractivity (Wildman–Crippen MR) is 78.2 cm³/mol. The summed E-state index contributed by atoms with van der Waals surface area (Å²) in [5.74, 6) is 2.16. The third-order valence-electron chi connectivity index (χ3n) is 2.82. The largest absolute Gasteiger partial charge is 0.274 e. The van der Waals surface area contributed by atoms with Crippen LogP contribution in [-0.4, -0.2) is 5.91 Å². The molecule has 0 saturated heterocycles. The van der Waals surface area contributed by atoms with Gasteiger partial charge in [0.25, 0.3) is 5.91 Å². The number of hydrogen-bond acceptors (Lipinski definition) is 1. The minimum Gasteiger partial charge on any atom is -0.267 e. The van der Waals surface area contributed by atoms with Gasteiger partial charge in [0.2, 0.25) is 0 Å². The first kappa shape index (κ1) is 13.2. The van der Waals surface area contributed by atoms with E-state index in [9.17, 15) is 4.79 Å². The molecule has 0 atom stereocenters. The van der Waals surface area contributed by atoms with E-state index in [0.717, 1.165) is 9.98 Å². The molecule has 0 aliphatic heterocycles. The summed E-state index contributed by atoms with van der Waals surface area (Å²) in [6.07, 6.45) is 5.39. The van der Waals surface area contributed by atoms with Gasteiger partial charge in [-0.3, -0.25) is 4.79 Å². The Bertz CT molecular complexity index is 658. The van der Waals surface area contributed by atoms with Gasteiger partial charge in [0.1, 0.15) is 0 Å². The summed E-state index contributed by atoms with van der Waals surface area (Å²) in [7, 11) is 0. The van der Waals surface area contributed by atoms with Crippen molar-refractivity contribution in [3.8, 4) is 12.3 Å². The van der Waals surface area contributed by atoms with Gasteiger partial charge in [0, 0.05) is 17.3 Å². The van der Waals surface area contributed by atoms with Crippen LogP contribution in [0, 0.1) is 19.3 Å². The van der Waals surface area contributed by atoms with Crippen LogP contribution in [0.25, 0.3) is 0 Å². The number of carbonyl (C=O) groups is 1. The summed E-state index contributed by atoms with van der Waals surface area (Å²) < 4.78 is 1.10. The van der Waals surface area contributed by atoms with Crippen LogP contribution in [0.15, 0.2) is 48.5 Å². The lowest BCUT2D eigenvalue weighted by molar-refractivity contribution is 0.101. The quantitative estimate of drug-likeness (QED) is 0.600. The predicted octanol–water partition coefficient (Wildman–Crippen LogP) is 3.78. The molecule has 0 fully saturated rings. The lowest BCUT2D eigenvalue weighted by Crippen LogP contribution is -2.22. The summed E-state index contributed by atoms with van der Waals surface area (Å²) in [5, 5.41) is 0. The lowest BCUT2D eigenvalue weighted by atomic mass is 10.1. The number of amides is 1. The molecule has 0 aliphatic carbocycles. The van der Waals surface area contributed by atoms with Crippen molar-refractivity contribution in [2.24, 2.45) is 0 Å². The number of halogens is 1. The van der Waals surface area contributed by atoms with Gasteiger partial charge in [0.05, 0.1) is 11.3 Å². The van der Waals surface area contributed by atoms with E-state index >= 15 is 0 Å². The Morgan fingerprint density at radius 1 is 1.16 bits per heavy atom. The zero-order valence-corrected chi connectivity index (χ0v) is 11.2. The van der Waals surface area contributed by atoms with Gasteiger partial charge in [0.15, 0.2) is 0 Å². The molecule has 0 unspecified atom stereocenters. The van der Waals surface area contributed by atoms with Gasteiger partial charge in [-0.15, -0.1) is 6.42 Å². The minimum atomic E-state index is -0.329. The number of rotatable bonds is 2. The molecule has 0 radical (unpaired) electrons. The van der Waals surface area contributed by atoms with Crippen molar-refractivity contribution in [1.82, 2.24) is 0 Å². The minimum absolute atomic E-state index is 0.329. The number of nitrogens with zero attached hydrogens (tertiary/aromatic N) is 1. The van der Waals surface area contributed by atoms with Gasteiger partial charge < -0.3 is 0 Å². The van der Waals surface area contributed by atoms with E-state index < -0.39 is 0 Å². The van der Waals surface area contributed by atoms with Crippen LogP contribution in [-0.2, 0) is 0 Å². The molecular formula is C16H12ClNO. The van der Waals surface area contributed by atoms with Gasteiger partial charge in [-0.05, 0) is 30.7 Å². The Hall–Kier alpha value is -2.24. The lowest BCUT2D eigenvalue weighted by Gasteiger charge is -2.16. The first-order chi connectivity index (χ1) is 9.15. The SMILES string of the molecule is C#Cc1ccccc1C(=O)N(Cl)c1ccccc1C. The molecule has 0 aromatic heterocycles. The molecule has 2 aromatic rings. The topological polar surface area (TPSA) is 20.3 Å². The summed E-state index contributed by atoms with van der Waals surface area (Å²) >= 11 is 6.14. The molecule has 0 aliphatic rings. The molecule has 94 valence electrons. The van der Waals surface area contributed by atoms with Gasteiger partial charge in [-0.25, -0.2) is 4.42 Å². The van der Waals surface area contributed by atoms with E-state index in [1.807, 2.05) is 25.1 Å². The van der Waals surface area contributed by atoms with E-state index in [0.29, 0.717) is 16.8 Å². The van der Waals surface area contributed by atoms with Crippen molar-refractivity contribution < 1.29 is 4.79 Å². The van der Waals surface area contributed by atoms with Crippen molar-refractivity contribution >= 4 is 23.4 Å². The Labute approximate surface area is 117 Å². The molecule has 0 spiro atoms. The van der Waals surface area contributed by atoms with Crippen LogP contribution in [0.4, 0.5) is 5.69 Å². The maximum Gasteiger partial charge on any atom is 0.274 e. The van der Waals surface area contributed by atoms with Gasteiger partial charge in [-0.1, -0.05) is 36.3 Å². The fourth-order valence-corrected chi connectivity index (χ4v) is 2.08. The Morgan fingerprint density at radius 2 is 1.79 bits per heavy atom. The van der Waals surface area contributed by atoms with Crippen LogP contribution >= 0.6 is 11.8 Å². The van der Waals surface area contributed by atoms with Crippen molar-refractivity contribution in [2.75, 3.05) is 4.42 Å². The Kier molecular flexibility index (Phi) is 3.89. The second kappa shape index (κ2) is 5.60. The zero-order chi connectivity index (χ0) is 13.8. The highest BCUT2D eigenvalue weighted by Crippen LogP contribution is 2.24. The highest BCUT2D eigenvalue weighted by Gasteiger charge is 2.19. The second-order valence-corrected chi connectivity index (χ2v) is 4.40. The molecule has 0 bridgehead atoms. The van der Waals surface area contributed by atoms with Crippen LogP contribution in [0.3, 0.4) is 0 Å². The highest BCUT2D eigenvalue weighted by atomic mass is 35.5. The highest BCUT2D eigenvalue weighted by molar-refractivity contribution is 6.39. The number of carbonyl (C=O) groups excluding carboxylic acids is 1. The number of hydrogen-bond donors (Lipinski definition) is 0. The first-order valence-electron chi connectivity index (χ1n) is 5.76. The molecule has 19 heavy (non-hydrogen) atoms. The van der Waals surface area contributed by atoms with Crippen molar-refractivity contribution in [3.05, 3.63) is 65.2 Å². The Morgan fingerprint density at radius 3 is 2.47 bits per heavy atom. The summed E-state index contributed by atoms with van der Waals surface area (Å²) in [6, 6.07) is 14.3. The maximum atomic E-state index is 12.4. The molecule has 1 amide bonds. The summed E-state index contributed by atoms with van der Waals surface area (Å²) in [5.41, 5.74) is 2.53. The molecule has 0 heterocycles. The van der Waals surface area contributed by atoms with Crippen molar-refractivity contribution in [2.45, 2.75) is 6.92 Å². The third-order valence-corrected chi connectivity index (χ3v) is 3.15. The van der Waals surface area contributed by atoms with E-state index in [4.69, 9.17) is 18.2 Å². The molecule has 2 nitrogen and oxygen atoms in total. The number of anilines is 1. The third kappa shape index (κ3) is 2.62. The zero-order valence-electron chi connectivity index (χ0n) is 10.4. The Balaban J connectivity index is 2.40. The average Bonchev–Trinajstić information content (AvgIpc) is 2.46. The number of terminal acetylenes is 1. The van der Waals surface area contributed by atoms with E-state index in [1.54, 1.807) is 30.3 Å². The fourth-order valence-electron chi connectivity index (χ4n) is 1.79. The number of para-hydroxylation sites is 1. The van der Waals surface area contributed by atoms with Crippen LogP contribution in [0.1, 0.15) is 21.5 Å². The first-order valence-corrected chi connectivity index (χ1v) is 6.10. The van der Waals surface area contributed by atoms with E-state index in [2.05, 4.69) is 5.92 Å². The van der Waals surface area contributed by atoms with E-state index in [-0.39, 0.29) is 5.91 Å². The molecule has 0 N–H and O–H groups in total. The molecule has 0 saturated carbocycles.